The maximum absolute atomic E-state index is 14.7. The summed E-state index contributed by atoms with van der Waals surface area (Å²) in [5, 5.41) is 0. The van der Waals surface area contributed by atoms with Crippen molar-refractivity contribution >= 4 is 0 Å². The van der Waals surface area contributed by atoms with Gasteiger partial charge in [-0.25, -0.2) is 4.39 Å². The van der Waals surface area contributed by atoms with E-state index < -0.39 is 0 Å². The van der Waals surface area contributed by atoms with Crippen molar-refractivity contribution in [1.82, 2.24) is 0 Å². The molecule has 3 rings (SSSR count). The summed E-state index contributed by atoms with van der Waals surface area (Å²) in [4.78, 5) is 0. The minimum atomic E-state index is -0.00672. The average Bonchev–Trinajstić information content (AvgIpc) is 2.74. The second kappa shape index (κ2) is 10.8. The molecule has 2 aromatic rings. The van der Waals surface area contributed by atoms with Crippen LogP contribution in [0.1, 0.15) is 93.4 Å². The second-order valence-corrected chi connectivity index (χ2v) is 8.73. The van der Waals surface area contributed by atoms with E-state index in [1.165, 1.54) is 68.1 Å². The molecule has 0 nitrogen and oxygen atoms in total. The maximum Gasteiger partial charge on any atom is 0.126 e. The third-order valence-electron chi connectivity index (χ3n) is 6.73. The zero-order valence-corrected chi connectivity index (χ0v) is 17.9. The molecule has 1 saturated carbocycles. The lowest BCUT2D eigenvalue weighted by atomic mass is 9.77. The Labute approximate surface area is 171 Å². The minimum Gasteiger partial charge on any atom is -0.207 e. The zero-order valence-electron chi connectivity index (χ0n) is 17.9. The van der Waals surface area contributed by atoms with Crippen molar-refractivity contribution in [3.8, 4) is 0 Å². The fourth-order valence-corrected chi connectivity index (χ4v) is 4.71. The number of rotatable bonds is 9. The number of benzene rings is 2. The average molecular weight is 381 g/mol. The molecule has 28 heavy (non-hydrogen) atoms. The van der Waals surface area contributed by atoms with Crippen molar-refractivity contribution in [1.29, 1.82) is 0 Å². The van der Waals surface area contributed by atoms with E-state index in [0.29, 0.717) is 5.92 Å². The number of hydrogen-bond donors (Lipinski definition) is 0. The topological polar surface area (TPSA) is 0 Å². The van der Waals surface area contributed by atoms with Gasteiger partial charge in [0.2, 0.25) is 0 Å². The molecule has 1 heteroatoms. The highest BCUT2D eigenvalue weighted by Crippen LogP contribution is 2.38. The number of aryl methyl sites for hydroxylation is 3. The van der Waals surface area contributed by atoms with E-state index in [4.69, 9.17) is 0 Å². The Hall–Kier alpha value is -1.63. The van der Waals surface area contributed by atoms with E-state index >= 15 is 0 Å². The van der Waals surface area contributed by atoms with Gasteiger partial charge in [0, 0.05) is 0 Å². The second-order valence-electron chi connectivity index (χ2n) is 8.73. The van der Waals surface area contributed by atoms with E-state index in [9.17, 15) is 4.39 Å². The van der Waals surface area contributed by atoms with E-state index in [1.807, 2.05) is 12.1 Å². The van der Waals surface area contributed by atoms with Gasteiger partial charge in [0.15, 0.2) is 0 Å². The van der Waals surface area contributed by atoms with Gasteiger partial charge in [-0.15, -0.1) is 0 Å². The van der Waals surface area contributed by atoms with Crippen molar-refractivity contribution in [3.63, 3.8) is 0 Å². The van der Waals surface area contributed by atoms with Gasteiger partial charge >= 0.3 is 0 Å². The van der Waals surface area contributed by atoms with Gasteiger partial charge < -0.3 is 0 Å². The summed E-state index contributed by atoms with van der Waals surface area (Å²) >= 11 is 0. The van der Waals surface area contributed by atoms with Crippen LogP contribution in [0, 0.1) is 11.7 Å². The van der Waals surface area contributed by atoms with Crippen LogP contribution in [0.5, 0.6) is 0 Å². The van der Waals surface area contributed by atoms with Crippen LogP contribution in [0.15, 0.2) is 42.5 Å². The molecule has 1 aliphatic carbocycles. The lowest BCUT2D eigenvalue weighted by Gasteiger charge is -2.29. The van der Waals surface area contributed by atoms with Crippen LogP contribution in [0.4, 0.5) is 4.39 Å². The van der Waals surface area contributed by atoms with Crippen molar-refractivity contribution in [3.05, 3.63) is 70.5 Å². The highest BCUT2D eigenvalue weighted by molar-refractivity contribution is 5.29. The summed E-state index contributed by atoms with van der Waals surface area (Å²) in [6.45, 7) is 4.45. The van der Waals surface area contributed by atoms with E-state index in [0.717, 1.165) is 30.7 Å². The van der Waals surface area contributed by atoms with Crippen LogP contribution in [0.2, 0.25) is 0 Å². The molecule has 0 aromatic heterocycles. The third-order valence-corrected chi connectivity index (χ3v) is 6.73. The Bertz CT molecular complexity index is 708. The fraction of sp³-hybridized carbons (Fsp3) is 0.556. The first-order valence-corrected chi connectivity index (χ1v) is 11.6. The molecule has 0 atom stereocenters. The summed E-state index contributed by atoms with van der Waals surface area (Å²) in [6, 6.07) is 14.8. The van der Waals surface area contributed by atoms with Crippen LogP contribution < -0.4 is 0 Å². The van der Waals surface area contributed by atoms with Crippen molar-refractivity contribution in [2.45, 2.75) is 90.4 Å². The summed E-state index contributed by atoms with van der Waals surface area (Å²) in [7, 11) is 0. The van der Waals surface area contributed by atoms with Gasteiger partial charge in [0.1, 0.15) is 5.82 Å². The molecule has 0 heterocycles. The summed E-state index contributed by atoms with van der Waals surface area (Å²) in [6.07, 6.45) is 13.3. The van der Waals surface area contributed by atoms with Gasteiger partial charge in [-0.3, -0.25) is 0 Å². The van der Waals surface area contributed by atoms with E-state index in [2.05, 4.69) is 44.2 Å². The molecule has 0 spiro atoms. The Morgan fingerprint density at radius 1 is 0.821 bits per heavy atom. The molecule has 0 aliphatic heterocycles. The van der Waals surface area contributed by atoms with E-state index in [1.54, 1.807) is 0 Å². The molecule has 0 N–H and O–H groups in total. The molecule has 152 valence electrons. The molecule has 0 bridgehead atoms. The molecule has 0 saturated heterocycles. The zero-order chi connectivity index (χ0) is 19.8. The number of halogens is 1. The fourth-order valence-electron chi connectivity index (χ4n) is 4.71. The first kappa shape index (κ1) is 21.1. The predicted octanol–water partition coefficient (Wildman–Crippen LogP) is 8.03. The molecule has 1 fully saturated rings. The third kappa shape index (κ3) is 5.93. The molecule has 0 unspecified atom stereocenters. The smallest absolute Gasteiger partial charge is 0.126 e. The normalized spacial score (nSPS) is 19.7. The lowest BCUT2D eigenvalue weighted by molar-refractivity contribution is 0.302. The highest BCUT2D eigenvalue weighted by atomic mass is 19.1. The molecular weight excluding hydrogens is 343 g/mol. The monoisotopic (exact) mass is 380 g/mol. The number of hydrogen-bond acceptors (Lipinski definition) is 0. The van der Waals surface area contributed by atoms with Crippen LogP contribution in [0.25, 0.3) is 0 Å². The van der Waals surface area contributed by atoms with Gasteiger partial charge in [-0.2, -0.15) is 0 Å². The quantitative estimate of drug-likeness (QED) is 0.386. The minimum absolute atomic E-state index is 0.00672. The van der Waals surface area contributed by atoms with Crippen molar-refractivity contribution in [2.75, 3.05) is 0 Å². The Morgan fingerprint density at radius 2 is 1.54 bits per heavy atom. The largest absolute Gasteiger partial charge is 0.207 e. The number of unbranched alkanes of at least 4 members (excludes halogenated alkanes) is 2. The molecule has 2 aromatic carbocycles. The van der Waals surface area contributed by atoms with Crippen LogP contribution in [-0.2, 0) is 19.3 Å². The van der Waals surface area contributed by atoms with E-state index in [-0.39, 0.29) is 5.82 Å². The summed E-state index contributed by atoms with van der Waals surface area (Å²) in [5.74, 6) is 1.46. The maximum atomic E-state index is 14.7. The standard InChI is InChI=1S/C27H37F/c1-3-5-6-7-22-12-15-24(16-13-22)26-19-18-25(27(28)20-26)17-14-23-10-8-21(4-2)9-11-23/h8-11,18-20,22,24H,3-7,12-17H2,1-2H3. The van der Waals surface area contributed by atoms with Crippen LogP contribution >= 0.6 is 0 Å². The molecule has 1 aliphatic rings. The van der Waals surface area contributed by atoms with Gasteiger partial charge in [0.05, 0.1) is 0 Å². The SMILES string of the molecule is CCCCCC1CCC(c2ccc(CCc3ccc(CC)cc3)c(F)c2)CC1. The van der Waals surface area contributed by atoms with Crippen LogP contribution in [-0.4, -0.2) is 0 Å². The molecule has 0 radical (unpaired) electrons. The predicted molar refractivity (Wildman–Crippen MR) is 118 cm³/mol. The van der Waals surface area contributed by atoms with Crippen molar-refractivity contribution < 1.29 is 4.39 Å². The molecular formula is C27H37F. The lowest BCUT2D eigenvalue weighted by Crippen LogP contribution is -2.13. The van der Waals surface area contributed by atoms with Gasteiger partial charge in [-0.1, -0.05) is 75.9 Å². The Balaban J connectivity index is 1.51. The Kier molecular flexibility index (Phi) is 8.13. The molecule has 0 amide bonds. The van der Waals surface area contributed by atoms with Crippen LogP contribution in [0.3, 0.4) is 0 Å². The van der Waals surface area contributed by atoms with Gasteiger partial charge in [-0.05, 0) is 85.1 Å². The summed E-state index contributed by atoms with van der Waals surface area (Å²) < 4.78 is 14.7. The summed E-state index contributed by atoms with van der Waals surface area (Å²) in [5.41, 5.74) is 4.73. The highest BCUT2D eigenvalue weighted by Gasteiger charge is 2.22. The van der Waals surface area contributed by atoms with Crippen molar-refractivity contribution in [2.24, 2.45) is 5.92 Å². The van der Waals surface area contributed by atoms with Gasteiger partial charge in [0.25, 0.3) is 0 Å². The Morgan fingerprint density at radius 3 is 2.18 bits per heavy atom. The first-order chi connectivity index (χ1) is 13.7. The first-order valence-electron chi connectivity index (χ1n) is 11.6.